The molecule has 1 aliphatic rings. The molecule has 1 heterocycles. The molecule has 1 saturated heterocycles. The zero-order chi connectivity index (χ0) is 14.0. The Labute approximate surface area is 119 Å². The van der Waals surface area contributed by atoms with E-state index in [1.54, 1.807) is 0 Å². The van der Waals surface area contributed by atoms with Crippen LogP contribution in [0.4, 0.5) is 10.1 Å². The van der Waals surface area contributed by atoms with E-state index in [-0.39, 0.29) is 22.8 Å². The van der Waals surface area contributed by atoms with Crippen molar-refractivity contribution in [3.8, 4) is 0 Å². The second-order valence-corrected chi connectivity index (χ2v) is 5.29. The van der Waals surface area contributed by atoms with Gasteiger partial charge in [0.1, 0.15) is 18.4 Å². The largest absolute Gasteiger partial charge is 0.343 e. The van der Waals surface area contributed by atoms with E-state index in [0.29, 0.717) is 12.1 Å². The van der Waals surface area contributed by atoms with Gasteiger partial charge in [0.15, 0.2) is 0 Å². The van der Waals surface area contributed by atoms with Gasteiger partial charge in [-0.2, -0.15) is 0 Å². The maximum Gasteiger partial charge on any atom is 0.250 e. The molecule has 1 aromatic carbocycles. The van der Waals surface area contributed by atoms with E-state index in [1.165, 1.54) is 23.1 Å². The van der Waals surface area contributed by atoms with Crippen molar-refractivity contribution in [3.63, 3.8) is 0 Å². The second kappa shape index (κ2) is 5.69. The number of nitrogens with one attached hydrogen (secondary N) is 1. The number of rotatable bonds is 3. The van der Waals surface area contributed by atoms with Gasteiger partial charge in [0, 0.05) is 5.69 Å². The monoisotopic (exact) mass is 328 g/mol. The molecule has 1 fully saturated rings. The number of anilines is 1. The summed E-state index contributed by atoms with van der Waals surface area (Å²) in [5.74, 6) is -0.749. The van der Waals surface area contributed by atoms with Crippen LogP contribution in [-0.4, -0.2) is 24.4 Å². The number of hydrogen-bond donors (Lipinski definition) is 1. The fourth-order valence-electron chi connectivity index (χ4n) is 2.07. The average Bonchev–Trinajstić information content (AvgIpc) is 2.37. The summed E-state index contributed by atoms with van der Waals surface area (Å²) in [5, 5.41) is 2.68. The minimum atomic E-state index is -0.491. The third-order valence-electron chi connectivity index (χ3n) is 2.99. The highest BCUT2D eigenvalue weighted by Crippen LogP contribution is 2.25. The summed E-state index contributed by atoms with van der Waals surface area (Å²) in [6.45, 7) is 1.92. The average molecular weight is 329 g/mol. The van der Waals surface area contributed by atoms with E-state index in [9.17, 15) is 14.0 Å². The Morgan fingerprint density at radius 3 is 2.84 bits per heavy atom. The quantitative estimate of drug-likeness (QED) is 0.924. The molecule has 0 spiro atoms. The summed E-state index contributed by atoms with van der Waals surface area (Å²) in [6.07, 6.45) is 1.40. The van der Waals surface area contributed by atoms with Crippen molar-refractivity contribution in [1.82, 2.24) is 5.32 Å². The van der Waals surface area contributed by atoms with E-state index in [2.05, 4.69) is 21.2 Å². The number of amides is 2. The van der Waals surface area contributed by atoms with E-state index < -0.39 is 11.9 Å². The van der Waals surface area contributed by atoms with Gasteiger partial charge in [0.05, 0.1) is 4.47 Å². The van der Waals surface area contributed by atoms with Crippen LogP contribution in [0, 0.1) is 5.82 Å². The van der Waals surface area contributed by atoms with Gasteiger partial charge in [-0.1, -0.05) is 13.3 Å². The molecule has 0 saturated carbocycles. The zero-order valence-electron chi connectivity index (χ0n) is 10.5. The summed E-state index contributed by atoms with van der Waals surface area (Å²) in [4.78, 5) is 25.3. The molecule has 1 aliphatic heterocycles. The van der Waals surface area contributed by atoms with Crippen LogP contribution in [0.3, 0.4) is 0 Å². The molecule has 0 aromatic heterocycles. The van der Waals surface area contributed by atoms with Gasteiger partial charge >= 0.3 is 0 Å². The van der Waals surface area contributed by atoms with Crippen molar-refractivity contribution in [1.29, 1.82) is 0 Å². The van der Waals surface area contributed by atoms with E-state index in [0.717, 1.165) is 6.42 Å². The van der Waals surface area contributed by atoms with Crippen LogP contribution >= 0.6 is 15.9 Å². The Hall–Kier alpha value is -1.43. The summed E-state index contributed by atoms with van der Waals surface area (Å²) >= 11 is 3.08. The van der Waals surface area contributed by atoms with Gasteiger partial charge in [0.2, 0.25) is 11.8 Å². The summed E-state index contributed by atoms with van der Waals surface area (Å²) < 4.78 is 13.5. The Kier molecular flexibility index (Phi) is 4.19. The van der Waals surface area contributed by atoms with Crippen molar-refractivity contribution in [2.45, 2.75) is 25.8 Å². The number of halogens is 2. The lowest BCUT2D eigenvalue weighted by Crippen LogP contribution is -2.58. The van der Waals surface area contributed by atoms with Gasteiger partial charge < -0.3 is 10.2 Å². The first-order valence-electron chi connectivity index (χ1n) is 6.08. The first-order valence-corrected chi connectivity index (χ1v) is 6.88. The number of carbonyl (C=O) groups excluding carboxylic acids is 2. The summed E-state index contributed by atoms with van der Waals surface area (Å²) in [5.41, 5.74) is 0.522. The highest BCUT2D eigenvalue weighted by molar-refractivity contribution is 9.10. The smallest absolute Gasteiger partial charge is 0.250 e. The maximum atomic E-state index is 13.2. The van der Waals surface area contributed by atoms with Crippen LogP contribution in [-0.2, 0) is 9.59 Å². The number of piperazine rings is 1. The third-order valence-corrected chi connectivity index (χ3v) is 3.60. The molecule has 1 N–H and O–H groups in total. The summed E-state index contributed by atoms with van der Waals surface area (Å²) in [6, 6.07) is 3.79. The van der Waals surface area contributed by atoms with E-state index in [1.807, 2.05) is 6.92 Å². The Bertz CT molecular complexity index is 521. The van der Waals surface area contributed by atoms with Crippen LogP contribution in [0.15, 0.2) is 22.7 Å². The predicted octanol–water partition coefficient (Wildman–Crippen LogP) is 2.22. The van der Waals surface area contributed by atoms with Crippen LogP contribution in [0.1, 0.15) is 19.8 Å². The Morgan fingerprint density at radius 1 is 1.47 bits per heavy atom. The van der Waals surface area contributed by atoms with E-state index >= 15 is 0 Å². The molecule has 6 heteroatoms. The van der Waals surface area contributed by atoms with Crippen LogP contribution in [0.2, 0.25) is 0 Å². The summed E-state index contributed by atoms with van der Waals surface area (Å²) in [7, 11) is 0. The lowest BCUT2D eigenvalue weighted by atomic mass is 10.1. The normalized spacial score (nSPS) is 19.5. The van der Waals surface area contributed by atoms with Gasteiger partial charge in [-0.3, -0.25) is 9.59 Å². The van der Waals surface area contributed by atoms with Crippen molar-refractivity contribution in [2.24, 2.45) is 0 Å². The molecule has 0 radical (unpaired) electrons. The maximum absolute atomic E-state index is 13.2. The van der Waals surface area contributed by atoms with Crippen molar-refractivity contribution < 1.29 is 14.0 Å². The number of benzene rings is 1. The second-order valence-electron chi connectivity index (χ2n) is 4.43. The molecule has 1 aromatic rings. The number of nitrogens with zero attached hydrogens (tertiary/aromatic N) is 1. The molecular weight excluding hydrogens is 315 g/mol. The van der Waals surface area contributed by atoms with Crippen molar-refractivity contribution in [3.05, 3.63) is 28.5 Å². The van der Waals surface area contributed by atoms with Crippen LogP contribution in [0.5, 0.6) is 0 Å². The molecule has 1 unspecified atom stereocenters. The van der Waals surface area contributed by atoms with Gasteiger partial charge in [-0.15, -0.1) is 0 Å². The minimum absolute atomic E-state index is 0.0306. The predicted molar refractivity (Wildman–Crippen MR) is 73.3 cm³/mol. The van der Waals surface area contributed by atoms with Crippen molar-refractivity contribution in [2.75, 3.05) is 11.4 Å². The molecule has 2 rings (SSSR count). The number of hydrogen-bond acceptors (Lipinski definition) is 2. The molecular formula is C13H14BrFN2O2. The van der Waals surface area contributed by atoms with Gasteiger partial charge in [-0.05, 0) is 40.5 Å². The first kappa shape index (κ1) is 14.0. The van der Waals surface area contributed by atoms with Crippen LogP contribution < -0.4 is 10.2 Å². The van der Waals surface area contributed by atoms with Gasteiger partial charge in [-0.25, -0.2) is 4.39 Å². The molecule has 4 nitrogen and oxygen atoms in total. The fraction of sp³-hybridized carbons (Fsp3) is 0.385. The lowest BCUT2D eigenvalue weighted by molar-refractivity contribution is -0.131. The van der Waals surface area contributed by atoms with Crippen molar-refractivity contribution >= 4 is 33.4 Å². The Balaban J connectivity index is 2.28. The standard InChI is InChI=1S/C13H14BrFN2O2/c1-2-3-11-13(19)17(7-12(18)16-11)8-4-5-10(15)9(14)6-8/h4-6,11H,2-3,7H2,1H3,(H,16,18). The molecule has 2 amide bonds. The molecule has 102 valence electrons. The lowest BCUT2D eigenvalue weighted by Gasteiger charge is -2.32. The SMILES string of the molecule is CCCC1NC(=O)CN(c2ccc(F)c(Br)c2)C1=O. The molecule has 0 bridgehead atoms. The van der Waals surface area contributed by atoms with Gasteiger partial charge in [0.25, 0.3) is 0 Å². The van der Waals surface area contributed by atoms with E-state index in [4.69, 9.17) is 0 Å². The molecule has 0 aliphatic carbocycles. The zero-order valence-corrected chi connectivity index (χ0v) is 12.0. The fourth-order valence-corrected chi connectivity index (χ4v) is 2.43. The van der Waals surface area contributed by atoms with Crippen LogP contribution in [0.25, 0.3) is 0 Å². The topological polar surface area (TPSA) is 49.4 Å². The minimum Gasteiger partial charge on any atom is -0.343 e. The highest BCUT2D eigenvalue weighted by Gasteiger charge is 2.32. The first-order chi connectivity index (χ1) is 9.02. The highest BCUT2D eigenvalue weighted by atomic mass is 79.9. The molecule has 19 heavy (non-hydrogen) atoms. The Morgan fingerprint density at radius 2 is 2.21 bits per heavy atom. The molecule has 1 atom stereocenters. The third kappa shape index (κ3) is 2.94. The number of carbonyl (C=O) groups is 2.